The van der Waals surface area contributed by atoms with Crippen molar-refractivity contribution in [3.8, 4) is 5.88 Å². The first-order valence-electron chi connectivity index (χ1n) is 4.66. The summed E-state index contributed by atoms with van der Waals surface area (Å²) in [4.78, 5) is 8.47. The number of nitrogens with zero attached hydrogens (tertiary/aromatic N) is 3. The summed E-state index contributed by atoms with van der Waals surface area (Å²) >= 11 is 1.41. The second-order valence-electron chi connectivity index (χ2n) is 3.17. The molecule has 2 heterocycles. The molecule has 5 nitrogen and oxygen atoms in total. The van der Waals surface area contributed by atoms with E-state index in [-0.39, 0.29) is 0 Å². The monoisotopic (exact) mass is 236 g/mol. The summed E-state index contributed by atoms with van der Waals surface area (Å²) in [6, 6.07) is 3.51. The van der Waals surface area contributed by atoms with Crippen LogP contribution >= 0.6 is 11.8 Å². The maximum absolute atomic E-state index is 5.83. The third kappa shape index (κ3) is 2.11. The van der Waals surface area contributed by atoms with E-state index in [4.69, 9.17) is 10.5 Å². The second kappa shape index (κ2) is 4.44. The number of nitrogen functional groups attached to an aromatic ring is 1. The number of anilines is 1. The van der Waals surface area contributed by atoms with Crippen LogP contribution in [0.1, 0.15) is 0 Å². The van der Waals surface area contributed by atoms with Crippen molar-refractivity contribution >= 4 is 17.4 Å². The highest BCUT2D eigenvalue weighted by atomic mass is 32.2. The lowest BCUT2D eigenvalue weighted by atomic mass is 10.4. The van der Waals surface area contributed by atoms with Crippen LogP contribution in [0.4, 0.5) is 5.69 Å². The molecule has 0 fully saturated rings. The molecule has 2 aromatic heterocycles. The quantitative estimate of drug-likeness (QED) is 0.876. The minimum Gasteiger partial charge on any atom is -0.481 e. The lowest BCUT2D eigenvalue weighted by molar-refractivity contribution is 0.395. The van der Waals surface area contributed by atoms with Crippen molar-refractivity contribution in [2.45, 2.75) is 10.2 Å². The fourth-order valence-electron chi connectivity index (χ4n) is 1.17. The number of pyridine rings is 1. The van der Waals surface area contributed by atoms with Crippen molar-refractivity contribution in [1.82, 2.24) is 14.5 Å². The number of aryl methyl sites for hydroxylation is 1. The Bertz CT molecular complexity index is 497. The van der Waals surface area contributed by atoms with Crippen LogP contribution in [0, 0.1) is 0 Å². The third-order valence-electron chi connectivity index (χ3n) is 2.04. The van der Waals surface area contributed by atoms with E-state index < -0.39 is 0 Å². The molecule has 2 N–H and O–H groups in total. The van der Waals surface area contributed by atoms with Crippen LogP contribution in [0.3, 0.4) is 0 Å². The molecule has 0 radical (unpaired) electrons. The van der Waals surface area contributed by atoms with Gasteiger partial charge in [0.15, 0.2) is 5.16 Å². The van der Waals surface area contributed by atoms with E-state index >= 15 is 0 Å². The molecule has 6 heteroatoms. The van der Waals surface area contributed by atoms with E-state index in [0.717, 1.165) is 5.16 Å². The van der Waals surface area contributed by atoms with Gasteiger partial charge >= 0.3 is 0 Å². The third-order valence-corrected chi connectivity index (χ3v) is 3.13. The SMILES string of the molecule is COc1ccc(N)c(Sc2nccn2C)n1. The van der Waals surface area contributed by atoms with Gasteiger partial charge in [-0.25, -0.2) is 9.97 Å². The van der Waals surface area contributed by atoms with Gasteiger partial charge in [0.1, 0.15) is 5.03 Å². The van der Waals surface area contributed by atoms with Crippen LogP contribution in [-0.2, 0) is 7.05 Å². The molecule has 2 aromatic rings. The highest BCUT2D eigenvalue weighted by molar-refractivity contribution is 7.99. The Kier molecular flexibility index (Phi) is 3.00. The molecule has 0 aliphatic heterocycles. The molecule has 0 aliphatic carbocycles. The zero-order valence-corrected chi connectivity index (χ0v) is 9.86. The van der Waals surface area contributed by atoms with E-state index in [2.05, 4.69) is 9.97 Å². The lowest BCUT2D eigenvalue weighted by Gasteiger charge is -2.06. The van der Waals surface area contributed by atoms with E-state index in [9.17, 15) is 0 Å². The van der Waals surface area contributed by atoms with Gasteiger partial charge in [0.2, 0.25) is 5.88 Å². The lowest BCUT2D eigenvalue weighted by Crippen LogP contribution is -1.96. The maximum Gasteiger partial charge on any atom is 0.214 e. The van der Waals surface area contributed by atoms with Gasteiger partial charge < -0.3 is 15.0 Å². The highest BCUT2D eigenvalue weighted by Gasteiger charge is 2.08. The normalized spacial score (nSPS) is 10.4. The number of aromatic nitrogens is 3. The molecule has 0 amide bonds. The summed E-state index contributed by atoms with van der Waals surface area (Å²) in [6.07, 6.45) is 3.61. The van der Waals surface area contributed by atoms with Gasteiger partial charge in [0.25, 0.3) is 0 Å². The largest absolute Gasteiger partial charge is 0.481 e. The van der Waals surface area contributed by atoms with Crippen molar-refractivity contribution in [2.75, 3.05) is 12.8 Å². The number of hydrogen-bond acceptors (Lipinski definition) is 5. The van der Waals surface area contributed by atoms with Crippen molar-refractivity contribution in [3.05, 3.63) is 24.5 Å². The topological polar surface area (TPSA) is 66.0 Å². The Morgan fingerprint density at radius 1 is 1.44 bits per heavy atom. The first-order valence-corrected chi connectivity index (χ1v) is 5.48. The number of methoxy groups -OCH3 is 1. The zero-order chi connectivity index (χ0) is 11.5. The van der Waals surface area contributed by atoms with Crippen molar-refractivity contribution in [3.63, 3.8) is 0 Å². The highest BCUT2D eigenvalue weighted by Crippen LogP contribution is 2.30. The molecule has 0 unspecified atom stereocenters. The van der Waals surface area contributed by atoms with E-state index in [1.54, 1.807) is 25.4 Å². The van der Waals surface area contributed by atoms with Crippen molar-refractivity contribution in [2.24, 2.45) is 7.05 Å². The summed E-state index contributed by atoms with van der Waals surface area (Å²) in [5.41, 5.74) is 6.45. The Balaban J connectivity index is 2.30. The summed E-state index contributed by atoms with van der Waals surface area (Å²) in [5, 5.41) is 1.54. The molecular weight excluding hydrogens is 224 g/mol. The molecule has 0 saturated carbocycles. The van der Waals surface area contributed by atoms with Gasteiger partial charge in [0, 0.05) is 25.5 Å². The molecule has 16 heavy (non-hydrogen) atoms. The van der Waals surface area contributed by atoms with Crippen molar-refractivity contribution < 1.29 is 4.74 Å². The first kappa shape index (κ1) is 10.8. The fraction of sp³-hybridized carbons (Fsp3) is 0.200. The Morgan fingerprint density at radius 2 is 2.25 bits per heavy atom. The van der Waals surface area contributed by atoms with Gasteiger partial charge in [-0.1, -0.05) is 0 Å². The number of hydrogen-bond donors (Lipinski definition) is 1. The molecular formula is C10H12N4OS. The van der Waals surface area contributed by atoms with Gasteiger partial charge in [0.05, 0.1) is 12.8 Å². The summed E-state index contributed by atoms with van der Waals surface area (Å²) in [6.45, 7) is 0. The average molecular weight is 236 g/mol. The van der Waals surface area contributed by atoms with Crippen LogP contribution in [0.25, 0.3) is 0 Å². The molecule has 0 spiro atoms. The zero-order valence-electron chi connectivity index (χ0n) is 9.04. The Hall–Kier alpha value is -1.69. The number of ether oxygens (including phenoxy) is 1. The number of rotatable bonds is 3. The predicted molar refractivity (Wildman–Crippen MR) is 62.5 cm³/mol. The minimum atomic E-state index is 0.547. The van der Waals surface area contributed by atoms with E-state index in [1.165, 1.54) is 11.8 Å². The molecule has 0 aromatic carbocycles. The predicted octanol–water partition coefficient (Wildman–Crippen LogP) is 1.56. The van der Waals surface area contributed by atoms with Crippen LogP contribution in [0.2, 0.25) is 0 Å². The molecule has 0 saturated heterocycles. The van der Waals surface area contributed by atoms with Gasteiger partial charge in [-0.2, -0.15) is 0 Å². The number of imidazole rings is 1. The van der Waals surface area contributed by atoms with Gasteiger partial charge in [-0.3, -0.25) is 0 Å². The van der Waals surface area contributed by atoms with Gasteiger partial charge in [-0.15, -0.1) is 0 Å². The fourth-order valence-corrected chi connectivity index (χ4v) is 1.98. The summed E-state index contributed by atoms with van der Waals surface area (Å²) in [5.74, 6) is 0.547. The summed E-state index contributed by atoms with van der Waals surface area (Å²) in [7, 11) is 3.50. The molecule has 84 valence electrons. The van der Waals surface area contributed by atoms with E-state index in [1.807, 2.05) is 17.8 Å². The average Bonchev–Trinajstić information content (AvgIpc) is 2.68. The Labute approximate surface area is 97.7 Å². The minimum absolute atomic E-state index is 0.547. The first-order chi connectivity index (χ1) is 7.70. The van der Waals surface area contributed by atoms with Crippen LogP contribution in [0.15, 0.2) is 34.7 Å². The van der Waals surface area contributed by atoms with Gasteiger partial charge in [-0.05, 0) is 17.8 Å². The van der Waals surface area contributed by atoms with E-state index in [0.29, 0.717) is 16.6 Å². The second-order valence-corrected chi connectivity index (χ2v) is 4.13. The number of nitrogens with two attached hydrogens (primary N) is 1. The molecule has 2 rings (SSSR count). The molecule has 0 atom stereocenters. The molecule has 0 aliphatic rings. The van der Waals surface area contributed by atoms with Crippen LogP contribution in [-0.4, -0.2) is 21.6 Å². The standard InChI is InChI=1S/C10H12N4OS/c1-14-6-5-12-10(14)16-9-7(11)3-4-8(13-9)15-2/h3-6H,11H2,1-2H3. The van der Waals surface area contributed by atoms with Crippen molar-refractivity contribution in [1.29, 1.82) is 0 Å². The van der Waals surface area contributed by atoms with Crippen LogP contribution < -0.4 is 10.5 Å². The molecule has 0 bridgehead atoms. The van der Waals surface area contributed by atoms with Crippen LogP contribution in [0.5, 0.6) is 5.88 Å². The smallest absolute Gasteiger partial charge is 0.214 e. The summed E-state index contributed by atoms with van der Waals surface area (Å²) < 4.78 is 6.96. The maximum atomic E-state index is 5.83. The Morgan fingerprint density at radius 3 is 2.88 bits per heavy atom.